The number of rotatable bonds is 4. The highest BCUT2D eigenvalue weighted by Gasteiger charge is 2.08. The van der Waals surface area contributed by atoms with Crippen molar-refractivity contribution >= 4 is 11.7 Å². The Balaban J connectivity index is 2.84. The van der Waals surface area contributed by atoms with Gasteiger partial charge in [-0.2, -0.15) is 0 Å². The van der Waals surface area contributed by atoms with Crippen LogP contribution in [0.4, 0.5) is 5.69 Å². The Morgan fingerprint density at radius 2 is 2.38 bits per heavy atom. The van der Waals surface area contributed by atoms with Gasteiger partial charge < -0.3 is 15.5 Å². The average Bonchev–Trinajstić information content (AvgIpc) is 2.15. The zero-order valence-electron chi connectivity index (χ0n) is 6.90. The molecule has 3 N–H and O–H groups in total. The minimum atomic E-state index is -1.03. The fourth-order valence-corrected chi connectivity index (χ4v) is 0.910. The topological polar surface area (TPSA) is 82.5 Å². The number of pyridine rings is 1. The van der Waals surface area contributed by atoms with Crippen LogP contribution in [0.15, 0.2) is 18.5 Å². The van der Waals surface area contributed by atoms with Gasteiger partial charge in [0.2, 0.25) is 0 Å². The fourth-order valence-electron chi connectivity index (χ4n) is 0.910. The van der Waals surface area contributed by atoms with Gasteiger partial charge in [0.1, 0.15) is 5.56 Å². The molecule has 5 nitrogen and oxygen atoms in total. The molecule has 1 aromatic rings. The van der Waals surface area contributed by atoms with Crippen LogP contribution in [-0.2, 0) is 0 Å². The molecular weight excluding hydrogens is 172 g/mol. The predicted octanol–water partition coefficient (Wildman–Crippen LogP) is 0.184. The van der Waals surface area contributed by atoms with E-state index in [0.717, 1.165) is 0 Å². The number of carboxylic acids is 1. The minimum absolute atomic E-state index is 0.0403. The number of hydrogen-bond acceptors (Lipinski definition) is 4. The third-order valence-electron chi connectivity index (χ3n) is 1.48. The Morgan fingerprint density at radius 3 is 3.00 bits per heavy atom. The van der Waals surface area contributed by atoms with Crippen LogP contribution < -0.4 is 5.32 Å². The van der Waals surface area contributed by atoms with E-state index in [1.165, 1.54) is 12.4 Å². The number of aliphatic hydroxyl groups is 1. The number of nitrogens with one attached hydrogen (secondary N) is 1. The molecule has 13 heavy (non-hydrogen) atoms. The van der Waals surface area contributed by atoms with E-state index in [2.05, 4.69) is 10.3 Å². The minimum Gasteiger partial charge on any atom is -0.478 e. The van der Waals surface area contributed by atoms with Crippen LogP contribution >= 0.6 is 0 Å². The molecule has 1 heterocycles. The lowest BCUT2D eigenvalue weighted by Crippen LogP contribution is -2.10. The molecule has 0 saturated heterocycles. The molecule has 0 bridgehead atoms. The molecule has 0 aliphatic carbocycles. The van der Waals surface area contributed by atoms with Gasteiger partial charge in [-0.15, -0.1) is 0 Å². The van der Waals surface area contributed by atoms with Crippen molar-refractivity contribution in [1.29, 1.82) is 0 Å². The third kappa shape index (κ3) is 2.41. The molecule has 0 radical (unpaired) electrons. The van der Waals surface area contributed by atoms with E-state index in [0.29, 0.717) is 12.2 Å². The number of nitrogens with zero attached hydrogens (tertiary/aromatic N) is 1. The number of carbonyl (C=O) groups is 1. The largest absolute Gasteiger partial charge is 0.478 e. The van der Waals surface area contributed by atoms with E-state index >= 15 is 0 Å². The summed E-state index contributed by atoms with van der Waals surface area (Å²) in [5, 5.41) is 20.0. The average molecular weight is 182 g/mol. The normalized spacial score (nSPS) is 9.62. The van der Waals surface area contributed by atoms with E-state index in [1.54, 1.807) is 6.07 Å². The number of anilines is 1. The Hall–Kier alpha value is -1.62. The zero-order valence-corrected chi connectivity index (χ0v) is 6.90. The summed E-state index contributed by atoms with van der Waals surface area (Å²) in [5.74, 6) is -1.03. The first kappa shape index (κ1) is 9.47. The van der Waals surface area contributed by atoms with Crippen LogP contribution in [0.2, 0.25) is 0 Å². The number of aromatic carboxylic acids is 1. The van der Waals surface area contributed by atoms with Crippen molar-refractivity contribution in [3.8, 4) is 0 Å². The van der Waals surface area contributed by atoms with Crippen molar-refractivity contribution in [3.05, 3.63) is 24.0 Å². The van der Waals surface area contributed by atoms with Crippen LogP contribution in [0.1, 0.15) is 10.4 Å². The van der Waals surface area contributed by atoms with Crippen molar-refractivity contribution in [2.45, 2.75) is 0 Å². The van der Waals surface area contributed by atoms with Gasteiger partial charge in [-0.25, -0.2) is 4.79 Å². The predicted molar refractivity (Wildman–Crippen MR) is 46.8 cm³/mol. The third-order valence-corrected chi connectivity index (χ3v) is 1.48. The Bertz CT molecular complexity index is 301. The molecule has 0 aliphatic heterocycles. The molecule has 0 atom stereocenters. The summed E-state index contributed by atoms with van der Waals surface area (Å²) < 4.78 is 0. The second-order valence-corrected chi connectivity index (χ2v) is 2.38. The zero-order chi connectivity index (χ0) is 9.68. The Kier molecular flexibility index (Phi) is 3.22. The van der Waals surface area contributed by atoms with Crippen molar-refractivity contribution in [1.82, 2.24) is 4.98 Å². The Morgan fingerprint density at radius 1 is 1.62 bits per heavy atom. The van der Waals surface area contributed by atoms with E-state index in [9.17, 15) is 4.79 Å². The lowest BCUT2D eigenvalue weighted by atomic mass is 10.2. The van der Waals surface area contributed by atoms with Gasteiger partial charge >= 0.3 is 5.97 Å². The van der Waals surface area contributed by atoms with Crippen molar-refractivity contribution < 1.29 is 15.0 Å². The van der Waals surface area contributed by atoms with Gasteiger partial charge in [0.25, 0.3) is 0 Å². The number of aromatic nitrogens is 1. The van der Waals surface area contributed by atoms with Gasteiger partial charge in [-0.05, 0) is 6.07 Å². The molecule has 0 spiro atoms. The second-order valence-electron chi connectivity index (χ2n) is 2.38. The molecule has 5 heteroatoms. The summed E-state index contributed by atoms with van der Waals surface area (Å²) in [6, 6.07) is 1.55. The highest BCUT2D eigenvalue weighted by atomic mass is 16.4. The van der Waals surface area contributed by atoms with Gasteiger partial charge in [0, 0.05) is 18.9 Å². The van der Waals surface area contributed by atoms with Gasteiger partial charge in [-0.3, -0.25) is 4.98 Å². The van der Waals surface area contributed by atoms with Crippen molar-refractivity contribution in [2.24, 2.45) is 0 Å². The van der Waals surface area contributed by atoms with Crippen LogP contribution in [0.25, 0.3) is 0 Å². The standard InChI is InChI=1S/C8H10N2O3/c11-4-3-10-7-1-2-9-5-6(7)8(12)13/h1-2,5,11H,3-4H2,(H,9,10)(H,12,13). The van der Waals surface area contributed by atoms with E-state index in [4.69, 9.17) is 10.2 Å². The highest BCUT2D eigenvalue weighted by molar-refractivity contribution is 5.93. The molecular formula is C8H10N2O3. The molecule has 1 aromatic heterocycles. The van der Waals surface area contributed by atoms with E-state index in [-0.39, 0.29) is 12.2 Å². The molecule has 0 amide bonds. The lowest BCUT2D eigenvalue weighted by molar-refractivity contribution is 0.0697. The quantitative estimate of drug-likeness (QED) is 0.619. The maximum atomic E-state index is 10.6. The first-order valence-electron chi connectivity index (χ1n) is 3.77. The lowest BCUT2D eigenvalue weighted by Gasteiger charge is -2.06. The molecule has 0 aliphatic rings. The molecule has 0 unspecified atom stereocenters. The first-order chi connectivity index (χ1) is 6.25. The van der Waals surface area contributed by atoms with Crippen molar-refractivity contribution in [2.75, 3.05) is 18.5 Å². The summed E-state index contributed by atoms with van der Waals surface area (Å²) >= 11 is 0. The fraction of sp³-hybridized carbons (Fsp3) is 0.250. The Labute approximate surface area is 75.0 Å². The van der Waals surface area contributed by atoms with Gasteiger partial charge in [-0.1, -0.05) is 0 Å². The summed E-state index contributed by atoms with van der Waals surface area (Å²) in [4.78, 5) is 14.3. The van der Waals surface area contributed by atoms with Crippen molar-refractivity contribution in [3.63, 3.8) is 0 Å². The SMILES string of the molecule is O=C(O)c1cnccc1NCCO. The molecule has 0 fully saturated rings. The summed E-state index contributed by atoms with van der Waals surface area (Å²) in [6.07, 6.45) is 2.76. The van der Waals surface area contributed by atoms with E-state index < -0.39 is 5.97 Å². The van der Waals surface area contributed by atoms with Gasteiger partial charge in [0.15, 0.2) is 0 Å². The molecule has 70 valence electrons. The molecule has 0 aromatic carbocycles. The highest BCUT2D eigenvalue weighted by Crippen LogP contribution is 2.12. The van der Waals surface area contributed by atoms with E-state index in [1.807, 2.05) is 0 Å². The second kappa shape index (κ2) is 4.42. The number of hydrogen-bond donors (Lipinski definition) is 3. The summed E-state index contributed by atoms with van der Waals surface area (Å²) in [6.45, 7) is 0.283. The monoisotopic (exact) mass is 182 g/mol. The van der Waals surface area contributed by atoms with Crippen LogP contribution in [0.3, 0.4) is 0 Å². The van der Waals surface area contributed by atoms with Crippen LogP contribution in [-0.4, -0.2) is 34.3 Å². The molecule has 0 saturated carbocycles. The van der Waals surface area contributed by atoms with Crippen LogP contribution in [0.5, 0.6) is 0 Å². The van der Waals surface area contributed by atoms with Gasteiger partial charge in [0.05, 0.1) is 12.3 Å². The molecule has 1 rings (SSSR count). The number of aliphatic hydroxyl groups excluding tert-OH is 1. The smallest absolute Gasteiger partial charge is 0.339 e. The maximum Gasteiger partial charge on any atom is 0.339 e. The first-order valence-corrected chi connectivity index (χ1v) is 3.77. The summed E-state index contributed by atoms with van der Waals surface area (Å²) in [5.41, 5.74) is 0.576. The number of carboxylic acid groups (broad SMARTS) is 1. The summed E-state index contributed by atoms with van der Waals surface area (Å²) in [7, 11) is 0. The maximum absolute atomic E-state index is 10.6. The van der Waals surface area contributed by atoms with Crippen LogP contribution in [0, 0.1) is 0 Å².